The van der Waals surface area contributed by atoms with E-state index in [0.29, 0.717) is 11.9 Å². The maximum Gasteiger partial charge on any atom is 0.490 e. The van der Waals surface area contributed by atoms with E-state index in [1.165, 1.54) is 13.1 Å². The number of hydrogen-bond acceptors (Lipinski definition) is 9. The van der Waals surface area contributed by atoms with Crippen molar-refractivity contribution in [3.05, 3.63) is 60.9 Å². The second-order valence-corrected chi connectivity index (χ2v) is 10.9. The van der Waals surface area contributed by atoms with E-state index in [1.807, 2.05) is 54.6 Å². The number of para-hydroxylation sites is 1. The minimum absolute atomic E-state index is 0.274. The van der Waals surface area contributed by atoms with E-state index in [2.05, 4.69) is 29.8 Å². The van der Waals surface area contributed by atoms with Crippen LogP contribution in [0.1, 0.15) is 12.5 Å². The van der Waals surface area contributed by atoms with Crippen LogP contribution in [0.2, 0.25) is 0 Å². The molecular formula is C29H31F3N8O3. The first-order valence-corrected chi connectivity index (χ1v) is 14.0. The monoisotopic (exact) mass is 596 g/mol. The standard InChI is InChI=1S/C27H30N8O.C2HF3O2/c28-26-24-25(18-6-8-23(9-7-18)36-22-4-2-1-3-5-22)32-35(27(24)31-17-30-26)19-10-11-33(14-19)21-15-34(16-21)20-12-29-13-20;3-2(4,5)1(6)7/h1-9,17,19-21,29H,10-16H2,(H2,28,30,31);(H,6,7). The molecule has 14 heteroatoms. The summed E-state index contributed by atoms with van der Waals surface area (Å²) in [6, 6.07) is 19.4. The number of carbonyl (C=O) groups is 1. The van der Waals surface area contributed by atoms with Gasteiger partial charge < -0.3 is 20.9 Å². The zero-order valence-electron chi connectivity index (χ0n) is 23.1. The average Bonchev–Trinajstić information content (AvgIpc) is 3.56. The van der Waals surface area contributed by atoms with Crippen LogP contribution in [0, 0.1) is 0 Å². The number of nitrogens with one attached hydrogen (secondary N) is 1. The SMILES string of the molecule is Nc1ncnc2c1c(-c1ccc(Oc3ccccc3)cc1)nn2C1CCN(C2CN(C3CNC3)C2)C1.O=C(O)C(F)(F)F. The second kappa shape index (κ2) is 11.8. The molecule has 3 aliphatic heterocycles. The van der Waals surface area contributed by atoms with Gasteiger partial charge in [0.15, 0.2) is 5.65 Å². The van der Waals surface area contributed by atoms with Crippen LogP contribution in [0.3, 0.4) is 0 Å². The number of aromatic nitrogens is 4. The Morgan fingerprint density at radius 3 is 2.21 bits per heavy atom. The fourth-order valence-electron chi connectivity index (χ4n) is 5.61. The molecule has 4 N–H and O–H groups in total. The minimum atomic E-state index is -5.08. The van der Waals surface area contributed by atoms with E-state index < -0.39 is 12.1 Å². The summed E-state index contributed by atoms with van der Waals surface area (Å²) < 4.78 is 39.8. The van der Waals surface area contributed by atoms with Crippen LogP contribution in [0.5, 0.6) is 11.5 Å². The highest BCUT2D eigenvalue weighted by molar-refractivity contribution is 5.98. The summed E-state index contributed by atoms with van der Waals surface area (Å²) in [6.45, 7) is 6.71. The summed E-state index contributed by atoms with van der Waals surface area (Å²) in [5, 5.41) is 16.4. The molecule has 2 aromatic carbocycles. The molecule has 3 aliphatic rings. The van der Waals surface area contributed by atoms with E-state index in [1.54, 1.807) is 6.33 Å². The number of benzene rings is 2. The van der Waals surface area contributed by atoms with E-state index >= 15 is 0 Å². The Morgan fingerprint density at radius 1 is 0.930 bits per heavy atom. The molecule has 3 saturated heterocycles. The molecule has 1 atom stereocenters. The smallest absolute Gasteiger partial charge is 0.475 e. The zero-order valence-corrected chi connectivity index (χ0v) is 23.1. The number of alkyl halides is 3. The van der Waals surface area contributed by atoms with Crippen molar-refractivity contribution < 1.29 is 27.8 Å². The maximum absolute atomic E-state index is 10.6. The Balaban J connectivity index is 0.000000423. The quantitative estimate of drug-likeness (QED) is 0.304. The molecule has 0 aliphatic carbocycles. The minimum Gasteiger partial charge on any atom is -0.475 e. The number of hydrogen-bond donors (Lipinski definition) is 3. The van der Waals surface area contributed by atoms with Crippen LogP contribution >= 0.6 is 0 Å². The summed E-state index contributed by atoms with van der Waals surface area (Å²) in [4.78, 5) is 23.0. The fourth-order valence-corrected chi connectivity index (χ4v) is 5.61. The molecule has 5 heterocycles. The number of likely N-dealkylation sites (tertiary alicyclic amines) is 2. The molecule has 1 unspecified atom stereocenters. The Hall–Kier alpha value is -4.27. The Labute approximate surface area is 245 Å². The van der Waals surface area contributed by atoms with Crippen molar-refractivity contribution in [3.8, 4) is 22.8 Å². The Kier molecular flexibility index (Phi) is 7.90. The van der Waals surface area contributed by atoms with Crippen LogP contribution in [-0.4, -0.2) is 98.2 Å². The molecule has 0 saturated carbocycles. The second-order valence-electron chi connectivity index (χ2n) is 10.9. The lowest BCUT2D eigenvalue weighted by Gasteiger charge is -2.50. The van der Waals surface area contributed by atoms with Gasteiger partial charge in [-0.1, -0.05) is 18.2 Å². The molecule has 0 radical (unpaired) electrons. The van der Waals surface area contributed by atoms with Gasteiger partial charge in [0.1, 0.15) is 29.3 Å². The lowest BCUT2D eigenvalue weighted by atomic mass is 10.0. The number of rotatable bonds is 6. The third-order valence-electron chi connectivity index (χ3n) is 8.09. The number of halogens is 3. The third kappa shape index (κ3) is 6.12. The van der Waals surface area contributed by atoms with Crippen molar-refractivity contribution in [2.45, 2.75) is 30.7 Å². The van der Waals surface area contributed by atoms with E-state index in [-0.39, 0.29) is 6.04 Å². The van der Waals surface area contributed by atoms with Crippen molar-refractivity contribution in [2.24, 2.45) is 0 Å². The van der Waals surface area contributed by atoms with Crippen molar-refractivity contribution in [3.63, 3.8) is 0 Å². The van der Waals surface area contributed by atoms with Crippen LogP contribution in [-0.2, 0) is 4.79 Å². The highest BCUT2D eigenvalue weighted by Crippen LogP contribution is 2.36. The Morgan fingerprint density at radius 2 is 1.58 bits per heavy atom. The number of nitrogens with zero attached hydrogens (tertiary/aromatic N) is 6. The predicted molar refractivity (Wildman–Crippen MR) is 153 cm³/mol. The molecule has 226 valence electrons. The van der Waals surface area contributed by atoms with Crippen LogP contribution in [0.25, 0.3) is 22.3 Å². The number of nitrogens with two attached hydrogens (primary N) is 1. The van der Waals surface area contributed by atoms with Gasteiger partial charge >= 0.3 is 12.1 Å². The van der Waals surface area contributed by atoms with Gasteiger partial charge in [-0.15, -0.1) is 0 Å². The molecule has 2 aromatic heterocycles. The van der Waals surface area contributed by atoms with Crippen molar-refractivity contribution >= 4 is 22.8 Å². The van der Waals surface area contributed by atoms with Crippen molar-refractivity contribution in [2.75, 3.05) is 45.0 Å². The van der Waals surface area contributed by atoms with Crippen molar-refractivity contribution in [1.82, 2.24) is 34.9 Å². The van der Waals surface area contributed by atoms with Gasteiger partial charge in [0.2, 0.25) is 0 Å². The fraction of sp³-hybridized carbons (Fsp3) is 0.379. The molecule has 0 amide bonds. The van der Waals surface area contributed by atoms with Gasteiger partial charge in [0, 0.05) is 56.9 Å². The largest absolute Gasteiger partial charge is 0.490 e. The van der Waals surface area contributed by atoms with Gasteiger partial charge in [0.25, 0.3) is 0 Å². The number of anilines is 1. The first kappa shape index (κ1) is 28.8. The van der Waals surface area contributed by atoms with Gasteiger partial charge in [-0.25, -0.2) is 19.4 Å². The van der Waals surface area contributed by atoms with Crippen molar-refractivity contribution in [1.29, 1.82) is 0 Å². The number of ether oxygens (including phenoxy) is 1. The third-order valence-corrected chi connectivity index (χ3v) is 8.09. The van der Waals surface area contributed by atoms with Gasteiger partial charge in [0.05, 0.1) is 11.4 Å². The first-order valence-electron chi connectivity index (χ1n) is 14.0. The molecule has 43 heavy (non-hydrogen) atoms. The maximum atomic E-state index is 10.6. The van der Waals surface area contributed by atoms with E-state index in [4.69, 9.17) is 25.5 Å². The number of carboxylic acid groups (broad SMARTS) is 1. The molecular weight excluding hydrogens is 565 g/mol. The summed E-state index contributed by atoms with van der Waals surface area (Å²) in [7, 11) is 0. The molecule has 0 spiro atoms. The van der Waals surface area contributed by atoms with Gasteiger partial charge in [-0.3, -0.25) is 9.80 Å². The molecule has 0 bridgehead atoms. The Bertz CT molecular complexity index is 1570. The van der Waals surface area contributed by atoms with Crippen LogP contribution < -0.4 is 15.8 Å². The number of carboxylic acids is 1. The van der Waals surface area contributed by atoms with Gasteiger partial charge in [-0.05, 0) is 42.8 Å². The normalized spacial score (nSPS) is 19.8. The summed E-state index contributed by atoms with van der Waals surface area (Å²) in [6.07, 6.45) is -2.48. The number of nitrogen functional groups attached to an aromatic ring is 1. The molecule has 4 aromatic rings. The zero-order chi connectivity index (χ0) is 30.1. The van der Waals surface area contributed by atoms with Crippen LogP contribution in [0.4, 0.5) is 19.0 Å². The predicted octanol–water partition coefficient (Wildman–Crippen LogP) is 3.40. The highest BCUT2D eigenvalue weighted by Gasteiger charge is 2.41. The summed E-state index contributed by atoms with van der Waals surface area (Å²) >= 11 is 0. The van der Waals surface area contributed by atoms with E-state index in [0.717, 1.165) is 72.4 Å². The average molecular weight is 597 g/mol. The number of fused-ring (bicyclic) bond motifs is 1. The lowest BCUT2D eigenvalue weighted by molar-refractivity contribution is -0.192. The first-order chi connectivity index (χ1) is 20.7. The topological polar surface area (TPSA) is 135 Å². The van der Waals surface area contributed by atoms with E-state index in [9.17, 15) is 13.2 Å². The van der Waals surface area contributed by atoms with Gasteiger partial charge in [-0.2, -0.15) is 18.3 Å². The lowest BCUT2D eigenvalue weighted by Crippen LogP contribution is -2.68. The highest BCUT2D eigenvalue weighted by atomic mass is 19.4. The number of aliphatic carboxylic acids is 1. The molecule has 7 rings (SSSR count). The van der Waals surface area contributed by atoms with Crippen LogP contribution in [0.15, 0.2) is 60.9 Å². The summed E-state index contributed by atoms with van der Waals surface area (Å²) in [5.41, 5.74) is 8.96. The molecule has 3 fully saturated rings. The molecule has 11 nitrogen and oxygen atoms in total. The summed E-state index contributed by atoms with van der Waals surface area (Å²) in [5.74, 6) is -0.712.